The highest BCUT2D eigenvalue weighted by atomic mass is 16.5. The summed E-state index contributed by atoms with van der Waals surface area (Å²) < 4.78 is 10.5. The lowest BCUT2D eigenvalue weighted by Crippen LogP contribution is -2.24. The van der Waals surface area contributed by atoms with Crippen molar-refractivity contribution in [3.05, 3.63) is 83.9 Å². The monoisotopic (exact) mass is 419 g/mol. The van der Waals surface area contributed by atoms with Crippen LogP contribution in [0.25, 0.3) is 0 Å². The molecule has 3 N–H and O–H groups in total. The lowest BCUT2D eigenvalue weighted by Gasteiger charge is -2.13. The third-order valence-electron chi connectivity index (χ3n) is 4.55. The van der Waals surface area contributed by atoms with Gasteiger partial charge in [-0.05, 0) is 35.9 Å². The Hall–Kier alpha value is -4.00. The van der Waals surface area contributed by atoms with Gasteiger partial charge in [-0.1, -0.05) is 36.4 Å². The van der Waals surface area contributed by atoms with Gasteiger partial charge in [-0.25, -0.2) is 0 Å². The van der Waals surface area contributed by atoms with Crippen molar-refractivity contribution >= 4 is 23.2 Å². The molecular weight excluding hydrogens is 394 g/mol. The van der Waals surface area contributed by atoms with E-state index >= 15 is 0 Å². The van der Waals surface area contributed by atoms with E-state index in [4.69, 9.17) is 9.47 Å². The van der Waals surface area contributed by atoms with E-state index in [1.165, 1.54) is 0 Å². The zero-order valence-electron chi connectivity index (χ0n) is 17.5. The molecule has 0 fully saturated rings. The lowest BCUT2D eigenvalue weighted by molar-refractivity contribution is -0.114. The second-order valence-electron chi connectivity index (χ2n) is 6.72. The highest BCUT2D eigenvalue weighted by molar-refractivity contribution is 5.98. The molecule has 0 aliphatic carbocycles. The Morgan fingerprint density at radius 3 is 2.42 bits per heavy atom. The lowest BCUT2D eigenvalue weighted by atomic mass is 10.1. The Balaban J connectivity index is 1.56. The maximum absolute atomic E-state index is 12.4. The van der Waals surface area contributed by atoms with E-state index in [1.807, 2.05) is 30.3 Å². The van der Waals surface area contributed by atoms with Crippen molar-refractivity contribution in [2.75, 3.05) is 31.4 Å². The van der Waals surface area contributed by atoms with Crippen LogP contribution in [-0.4, -0.2) is 32.6 Å². The van der Waals surface area contributed by atoms with Gasteiger partial charge in [-0.15, -0.1) is 0 Å². The first-order valence-electron chi connectivity index (χ1n) is 9.77. The molecule has 0 aliphatic heterocycles. The zero-order chi connectivity index (χ0) is 22.1. The molecular formula is C24H25N3O4. The molecule has 3 rings (SSSR count). The first-order chi connectivity index (χ1) is 15.1. The van der Waals surface area contributed by atoms with Crippen molar-refractivity contribution in [3.8, 4) is 11.5 Å². The van der Waals surface area contributed by atoms with E-state index < -0.39 is 0 Å². The molecule has 0 unspecified atom stereocenters. The van der Waals surface area contributed by atoms with Crippen LogP contribution in [0.2, 0.25) is 0 Å². The Bertz CT molecular complexity index is 1040. The first kappa shape index (κ1) is 21.7. The summed E-state index contributed by atoms with van der Waals surface area (Å²) in [6, 6.07) is 21.8. The van der Waals surface area contributed by atoms with Gasteiger partial charge in [-0.2, -0.15) is 0 Å². The van der Waals surface area contributed by atoms with Gasteiger partial charge < -0.3 is 25.4 Å². The number of methoxy groups -OCH3 is 2. The summed E-state index contributed by atoms with van der Waals surface area (Å²) in [5.41, 5.74) is 2.67. The Kier molecular flexibility index (Phi) is 7.48. The molecule has 3 aromatic carbocycles. The maximum Gasteiger partial charge on any atom is 0.251 e. The van der Waals surface area contributed by atoms with E-state index in [9.17, 15) is 9.59 Å². The van der Waals surface area contributed by atoms with Crippen molar-refractivity contribution in [1.29, 1.82) is 0 Å². The summed E-state index contributed by atoms with van der Waals surface area (Å²) in [5, 5.41) is 8.71. The number of benzene rings is 3. The molecule has 0 radical (unpaired) electrons. The molecule has 0 saturated carbocycles. The molecule has 7 heteroatoms. The summed E-state index contributed by atoms with van der Waals surface area (Å²) in [6.45, 7) is 0.455. The normalized spacial score (nSPS) is 10.1. The number of hydrogen-bond donors (Lipinski definition) is 3. The van der Waals surface area contributed by atoms with Crippen molar-refractivity contribution in [1.82, 2.24) is 5.32 Å². The fraction of sp³-hybridized carbons (Fsp3) is 0.167. The molecule has 0 heterocycles. The highest BCUT2D eigenvalue weighted by Crippen LogP contribution is 2.28. The number of ether oxygens (including phenoxy) is 2. The minimum Gasteiger partial charge on any atom is -0.497 e. The minimum absolute atomic E-state index is 0.0218. The van der Waals surface area contributed by atoms with Crippen molar-refractivity contribution in [2.45, 2.75) is 6.54 Å². The summed E-state index contributed by atoms with van der Waals surface area (Å²) >= 11 is 0. The number of anilines is 2. The largest absolute Gasteiger partial charge is 0.497 e. The van der Waals surface area contributed by atoms with E-state index in [-0.39, 0.29) is 18.4 Å². The van der Waals surface area contributed by atoms with Crippen LogP contribution in [0.3, 0.4) is 0 Å². The molecule has 0 saturated heterocycles. The van der Waals surface area contributed by atoms with Crippen molar-refractivity contribution < 1.29 is 19.1 Å². The van der Waals surface area contributed by atoms with Crippen molar-refractivity contribution in [3.63, 3.8) is 0 Å². The Labute approximate surface area is 181 Å². The van der Waals surface area contributed by atoms with E-state index in [1.54, 1.807) is 56.7 Å². The molecule has 0 aromatic heterocycles. The molecule has 3 aromatic rings. The average Bonchev–Trinajstić information content (AvgIpc) is 2.81. The van der Waals surface area contributed by atoms with E-state index in [0.29, 0.717) is 35.0 Å². The topological polar surface area (TPSA) is 88.7 Å². The number of hydrogen-bond acceptors (Lipinski definition) is 5. The van der Waals surface area contributed by atoms with Gasteiger partial charge in [0.15, 0.2) is 0 Å². The second-order valence-corrected chi connectivity index (χ2v) is 6.72. The van der Waals surface area contributed by atoms with E-state index in [2.05, 4.69) is 16.0 Å². The first-order valence-corrected chi connectivity index (χ1v) is 9.77. The third kappa shape index (κ3) is 6.24. The van der Waals surface area contributed by atoms with Crippen LogP contribution >= 0.6 is 0 Å². The summed E-state index contributed by atoms with van der Waals surface area (Å²) in [4.78, 5) is 24.8. The quantitative estimate of drug-likeness (QED) is 0.492. The molecule has 2 amide bonds. The fourth-order valence-electron chi connectivity index (χ4n) is 2.95. The molecule has 0 bridgehead atoms. The number of carbonyl (C=O) groups is 2. The van der Waals surface area contributed by atoms with Crippen LogP contribution in [0, 0.1) is 0 Å². The Morgan fingerprint density at radius 1 is 0.871 bits per heavy atom. The maximum atomic E-state index is 12.4. The van der Waals surface area contributed by atoms with Crippen LogP contribution in [0.4, 0.5) is 11.4 Å². The van der Waals surface area contributed by atoms with Gasteiger partial charge in [0, 0.05) is 23.9 Å². The number of rotatable bonds is 9. The van der Waals surface area contributed by atoms with E-state index in [0.717, 1.165) is 5.56 Å². The van der Waals surface area contributed by atoms with Gasteiger partial charge in [0.05, 0.1) is 26.5 Å². The van der Waals surface area contributed by atoms with Crippen LogP contribution in [0.5, 0.6) is 11.5 Å². The van der Waals surface area contributed by atoms with Gasteiger partial charge >= 0.3 is 0 Å². The smallest absolute Gasteiger partial charge is 0.251 e. The molecule has 0 aliphatic rings. The van der Waals surface area contributed by atoms with Gasteiger partial charge in [0.2, 0.25) is 5.91 Å². The van der Waals surface area contributed by atoms with Crippen LogP contribution in [0.1, 0.15) is 15.9 Å². The number of nitrogens with one attached hydrogen (secondary N) is 3. The molecule has 7 nitrogen and oxygen atoms in total. The SMILES string of the molecule is COc1ccc(OC)c(NCC(=O)Nc2cccc(C(=O)NCc3ccccc3)c2)c1. The third-order valence-corrected chi connectivity index (χ3v) is 4.55. The minimum atomic E-state index is -0.258. The molecule has 160 valence electrons. The highest BCUT2D eigenvalue weighted by Gasteiger charge is 2.10. The van der Waals surface area contributed by atoms with Crippen LogP contribution in [0.15, 0.2) is 72.8 Å². The Morgan fingerprint density at radius 2 is 1.68 bits per heavy atom. The van der Waals surface area contributed by atoms with Crippen molar-refractivity contribution in [2.24, 2.45) is 0 Å². The van der Waals surface area contributed by atoms with Gasteiger partial charge in [-0.3, -0.25) is 9.59 Å². The predicted molar refractivity (Wildman–Crippen MR) is 121 cm³/mol. The summed E-state index contributed by atoms with van der Waals surface area (Å²) in [6.07, 6.45) is 0. The van der Waals surface area contributed by atoms with Gasteiger partial charge in [0.1, 0.15) is 11.5 Å². The van der Waals surface area contributed by atoms with Gasteiger partial charge in [0.25, 0.3) is 5.91 Å². The standard InChI is InChI=1S/C24H25N3O4/c1-30-20-11-12-22(31-2)21(14-20)25-16-23(28)27-19-10-6-9-18(13-19)24(29)26-15-17-7-4-3-5-8-17/h3-14,25H,15-16H2,1-2H3,(H,26,29)(H,27,28). The van der Waals surface area contributed by atoms with Crippen LogP contribution < -0.4 is 25.4 Å². The fourth-order valence-corrected chi connectivity index (χ4v) is 2.95. The molecule has 0 atom stereocenters. The second kappa shape index (κ2) is 10.7. The summed E-state index contributed by atoms with van der Waals surface area (Å²) in [5.74, 6) is 0.787. The average molecular weight is 419 g/mol. The zero-order valence-corrected chi connectivity index (χ0v) is 17.5. The summed E-state index contributed by atoms with van der Waals surface area (Å²) in [7, 11) is 3.13. The molecule has 31 heavy (non-hydrogen) atoms. The van der Waals surface area contributed by atoms with Crippen LogP contribution in [-0.2, 0) is 11.3 Å². The number of amides is 2. The predicted octanol–water partition coefficient (Wildman–Crippen LogP) is 3.68. The number of carbonyl (C=O) groups excluding carboxylic acids is 2. The molecule has 0 spiro atoms.